The number of nitrogen functional groups attached to an aromatic ring is 1. The van der Waals surface area contributed by atoms with E-state index >= 15 is 0 Å². The highest BCUT2D eigenvalue weighted by molar-refractivity contribution is 6.38. The second-order valence-electron chi connectivity index (χ2n) is 7.11. The summed E-state index contributed by atoms with van der Waals surface area (Å²) in [6.07, 6.45) is -14.5. The molecule has 0 atom stereocenters. The number of anilines is 1. The van der Waals surface area contributed by atoms with Gasteiger partial charge in [-0.3, -0.25) is 4.98 Å². The number of hydrogen-bond donors (Lipinski definition) is 1. The van der Waals surface area contributed by atoms with Crippen LogP contribution in [-0.2, 0) is 18.5 Å². The minimum Gasteiger partial charge on any atom is -0.383 e. The molecule has 0 aliphatic rings. The zero-order valence-corrected chi connectivity index (χ0v) is 18.4. The highest BCUT2D eigenvalue weighted by Gasteiger charge is 2.43. The summed E-state index contributed by atoms with van der Waals surface area (Å²) in [6, 6.07) is 4.14. The molecule has 2 N–H and O–H groups in total. The van der Waals surface area contributed by atoms with Gasteiger partial charge in [-0.15, -0.1) is 5.10 Å². The monoisotopic (exact) mass is 560 g/mol. The highest BCUT2D eigenvalue weighted by atomic mass is 35.5. The Morgan fingerprint density at radius 1 is 0.778 bits per heavy atom. The van der Waals surface area contributed by atoms with Crippen LogP contribution in [0.25, 0.3) is 27.8 Å². The number of nitrogens with two attached hydrogens (primary N) is 1. The molecular formula is C19H7Cl2F9N6. The van der Waals surface area contributed by atoms with Gasteiger partial charge in [-0.25, -0.2) is 14.6 Å². The summed E-state index contributed by atoms with van der Waals surface area (Å²) in [5.41, 5.74) is 1.63. The quantitative estimate of drug-likeness (QED) is 0.272. The molecule has 17 heteroatoms. The van der Waals surface area contributed by atoms with E-state index in [4.69, 9.17) is 28.9 Å². The second-order valence-corrected chi connectivity index (χ2v) is 7.92. The minimum atomic E-state index is -5.35. The van der Waals surface area contributed by atoms with Crippen LogP contribution in [-0.4, -0.2) is 24.7 Å². The molecule has 3 aromatic heterocycles. The van der Waals surface area contributed by atoms with Crippen LogP contribution >= 0.6 is 23.2 Å². The highest BCUT2D eigenvalue weighted by Crippen LogP contribution is 2.41. The SMILES string of the molecule is Nc1c2c(C(F)(F)F)nc(C(F)(F)F)nc2nn1-c1c(Cl)cc(-c2ccc(C(F)(F)F)nc2)cc1Cl. The van der Waals surface area contributed by atoms with Crippen molar-refractivity contribution in [2.24, 2.45) is 0 Å². The zero-order chi connectivity index (χ0) is 26.8. The molecule has 4 rings (SSSR count). The lowest BCUT2D eigenvalue weighted by Crippen LogP contribution is -2.17. The molecule has 0 amide bonds. The van der Waals surface area contributed by atoms with E-state index in [2.05, 4.69) is 20.1 Å². The van der Waals surface area contributed by atoms with Gasteiger partial charge in [0.25, 0.3) is 0 Å². The van der Waals surface area contributed by atoms with Crippen LogP contribution in [0.1, 0.15) is 17.2 Å². The lowest BCUT2D eigenvalue weighted by Gasteiger charge is -2.12. The standard InChI is InChI=1S/C19H7Cl2F9N6/c20-8-3-7(6-1-2-10(32-5-6)17(22,23)24)4-9(21)12(8)36-14(31)11-13(18(25,26)27)33-16(19(28,29)30)34-15(11)35-36/h1-5H,31H2. The summed E-state index contributed by atoms with van der Waals surface area (Å²) in [6.45, 7) is 0. The molecule has 190 valence electrons. The number of halogens is 11. The molecule has 0 saturated heterocycles. The molecule has 4 aromatic rings. The van der Waals surface area contributed by atoms with E-state index < -0.39 is 52.6 Å². The van der Waals surface area contributed by atoms with Crippen LogP contribution in [0, 0.1) is 0 Å². The maximum atomic E-state index is 13.5. The van der Waals surface area contributed by atoms with E-state index in [-0.39, 0.29) is 26.9 Å². The minimum absolute atomic E-state index is 0.150. The Morgan fingerprint density at radius 3 is 1.86 bits per heavy atom. The normalized spacial score (nSPS) is 13.0. The van der Waals surface area contributed by atoms with Crippen LogP contribution in [0.4, 0.5) is 45.3 Å². The van der Waals surface area contributed by atoms with Crippen molar-refractivity contribution in [3.05, 3.63) is 57.7 Å². The Balaban J connectivity index is 1.88. The van der Waals surface area contributed by atoms with Crippen molar-refractivity contribution in [3.8, 4) is 16.8 Å². The van der Waals surface area contributed by atoms with Gasteiger partial charge in [0.2, 0.25) is 5.82 Å². The number of hydrogen-bond acceptors (Lipinski definition) is 5. The first-order valence-electron chi connectivity index (χ1n) is 9.22. The first-order chi connectivity index (χ1) is 16.5. The molecule has 0 aliphatic carbocycles. The molecule has 1 aromatic carbocycles. The van der Waals surface area contributed by atoms with Gasteiger partial charge in [0, 0.05) is 11.8 Å². The number of aromatic nitrogens is 5. The Hall–Kier alpha value is -3.33. The predicted molar refractivity (Wildman–Crippen MR) is 109 cm³/mol. The van der Waals surface area contributed by atoms with Gasteiger partial charge in [-0.1, -0.05) is 29.3 Å². The van der Waals surface area contributed by atoms with E-state index in [0.717, 1.165) is 12.3 Å². The molecule has 0 saturated carbocycles. The summed E-state index contributed by atoms with van der Waals surface area (Å²) in [4.78, 5) is 8.94. The number of nitrogens with zero attached hydrogens (tertiary/aromatic N) is 5. The smallest absolute Gasteiger partial charge is 0.383 e. The van der Waals surface area contributed by atoms with Crippen molar-refractivity contribution in [2.45, 2.75) is 18.5 Å². The lowest BCUT2D eigenvalue weighted by atomic mass is 10.1. The number of benzene rings is 1. The molecule has 0 fully saturated rings. The van der Waals surface area contributed by atoms with Gasteiger partial charge < -0.3 is 5.73 Å². The first-order valence-corrected chi connectivity index (χ1v) is 9.97. The summed E-state index contributed by atoms with van der Waals surface area (Å²) < 4.78 is 118. The van der Waals surface area contributed by atoms with Crippen LogP contribution in [0.5, 0.6) is 0 Å². The summed E-state index contributed by atoms with van der Waals surface area (Å²) in [5.74, 6) is -2.90. The molecule has 0 bridgehead atoms. The van der Waals surface area contributed by atoms with Gasteiger partial charge in [-0.05, 0) is 23.8 Å². The van der Waals surface area contributed by atoms with Crippen molar-refractivity contribution in [1.29, 1.82) is 0 Å². The van der Waals surface area contributed by atoms with E-state index in [1.807, 2.05) is 0 Å². The van der Waals surface area contributed by atoms with E-state index in [1.54, 1.807) is 0 Å². The molecule has 0 radical (unpaired) electrons. The topological polar surface area (TPSA) is 82.5 Å². The Bertz CT molecular complexity index is 1450. The van der Waals surface area contributed by atoms with Crippen molar-refractivity contribution in [1.82, 2.24) is 24.7 Å². The fourth-order valence-corrected chi connectivity index (χ4v) is 3.83. The average Bonchev–Trinajstić information content (AvgIpc) is 3.07. The maximum absolute atomic E-state index is 13.5. The largest absolute Gasteiger partial charge is 0.451 e. The summed E-state index contributed by atoms with van der Waals surface area (Å²) in [7, 11) is 0. The van der Waals surface area contributed by atoms with Gasteiger partial charge in [0.05, 0.1) is 15.4 Å². The van der Waals surface area contributed by atoms with Crippen LogP contribution in [0.2, 0.25) is 10.0 Å². The van der Waals surface area contributed by atoms with E-state index in [9.17, 15) is 39.5 Å². The number of rotatable bonds is 2. The second kappa shape index (κ2) is 8.37. The molecule has 6 nitrogen and oxygen atoms in total. The third-order valence-corrected chi connectivity index (χ3v) is 5.28. The van der Waals surface area contributed by atoms with Gasteiger partial charge >= 0.3 is 18.5 Å². The number of fused-ring (bicyclic) bond motifs is 1. The molecular weight excluding hydrogens is 554 g/mol. The Kier molecular flexibility index (Phi) is 5.99. The van der Waals surface area contributed by atoms with Crippen molar-refractivity contribution in [2.75, 3.05) is 5.73 Å². The molecule has 36 heavy (non-hydrogen) atoms. The third-order valence-electron chi connectivity index (χ3n) is 4.71. The Labute approximate surface area is 203 Å². The zero-order valence-electron chi connectivity index (χ0n) is 16.9. The van der Waals surface area contributed by atoms with Gasteiger partial charge in [-0.2, -0.15) is 39.5 Å². The average molecular weight is 561 g/mol. The van der Waals surface area contributed by atoms with Gasteiger partial charge in [0.15, 0.2) is 11.3 Å². The Morgan fingerprint density at radius 2 is 1.39 bits per heavy atom. The van der Waals surface area contributed by atoms with Crippen molar-refractivity contribution in [3.63, 3.8) is 0 Å². The fraction of sp³-hybridized carbons (Fsp3) is 0.158. The lowest BCUT2D eigenvalue weighted by molar-refractivity contribution is -0.151. The summed E-state index contributed by atoms with van der Waals surface area (Å²) >= 11 is 12.4. The van der Waals surface area contributed by atoms with E-state index in [0.29, 0.717) is 10.7 Å². The molecule has 0 spiro atoms. The van der Waals surface area contributed by atoms with Gasteiger partial charge in [0.1, 0.15) is 17.2 Å². The van der Waals surface area contributed by atoms with E-state index in [1.165, 1.54) is 12.1 Å². The maximum Gasteiger partial charge on any atom is 0.451 e. The molecule has 0 aliphatic heterocycles. The number of pyridine rings is 1. The summed E-state index contributed by atoms with van der Waals surface area (Å²) in [5, 5.41) is 2.02. The number of alkyl halides is 9. The van der Waals surface area contributed by atoms with Crippen molar-refractivity contribution < 1.29 is 39.5 Å². The third kappa shape index (κ3) is 4.59. The van der Waals surface area contributed by atoms with Crippen LogP contribution in [0.3, 0.4) is 0 Å². The predicted octanol–water partition coefficient (Wildman–Crippen LogP) is 6.82. The fourth-order valence-electron chi connectivity index (χ4n) is 3.18. The van der Waals surface area contributed by atoms with Crippen molar-refractivity contribution >= 4 is 40.1 Å². The van der Waals surface area contributed by atoms with Crippen LogP contribution in [0.15, 0.2) is 30.5 Å². The van der Waals surface area contributed by atoms with Crippen LogP contribution < -0.4 is 5.73 Å². The first kappa shape index (κ1) is 25.8. The molecule has 3 heterocycles. The molecule has 0 unspecified atom stereocenters.